The average Bonchev–Trinajstić information content (AvgIpc) is 2.18. The minimum atomic E-state index is -0.858. The van der Waals surface area contributed by atoms with Gasteiger partial charge in [-0.2, -0.15) is 4.99 Å². The number of hydrogen-bond donors (Lipinski definition) is 1. The van der Waals surface area contributed by atoms with Gasteiger partial charge in [-0.1, -0.05) is 6.58 Å². The number of ether oxygens (including phenoxy) is 2. The van der Waals surface area contributed by atoms with Crippen LogP contribution in [0.15, 0.2) is 17.1 Å². The Morgan fingerprint density at radius 1 is 1.47 bits per heavy atom. The number of esters is 1. The number of hydrogen-bond acceptors (Lipinski definition) is 6. The fourth-order valence-corrected chi connectivity index (χ4v) is 0.447. The zero-order chi connectivity index (χ0) is 11.7. The highest BCUT2D eigenvalue weighted by Gasteiger charge is 2.05. The molecule has 7 nitrogen and oxygen atoms in total. The van der Waals surface area contributed by atoms with Gasteiger partial charge in [0.2, 0.25) is 12.9 Å². The molecule has 0 atom stereocenters. The molecule has 0 aliphatic heterocycles. The number of carbonyl (C=O) groups is 2. The molecule has 0 aliphatic rings. The van der Waals surface area contributed by atoms with Crippen LogP contribution in [-0.4, -0.2) is 31.6 Å². The van der Waals surface area contributed by atoms with Crippen molar-refractivity contribution >= 4 is 18.1 Å². The lowest BCUT2D eigenvalue weighted by Crippen LogP contribution is -2.25. The van der Waals surface area contributed by atoms with Crippen LogP contribution in [0.2, 0.25) is 0 Å². The van der Waals surface area contributed by atoms with Gasteiger partial charge in [-0.25, -0.2) is 14.4 Å². The van der Waals surface area contributed by atoms with Crippen LogP contribution in [0.3, 0.4) is 0 Å². The van der Waals surface area contributed by atoms with E-state index in [9.17, 15) is 14.4 Å². The Labute approximate surface area is 85.8 Å². The molecule has 0 unspecified atom stereocenters. The second-order valence-electron chi connectivity index (χ2n) is 2.35. The minimum Gasteiger partial charge on any atom is -0.424 e. The molecule has 15 heavy (non-hydrogen) atoms. The number of rotatable bonds is 5. The molecule has 0 fully saturated rings. The minimum absolute atomic E-state index is 0.199. The fraction of sp³-hybridized carbons (Fsp3) is 0.375. The highest BCUT2D eigenvalue weighted by Crippen LogP contribution is 1.91. The van der Waals surface area contributed by atoms with Crippen molar-refractivity contribution in [3.8, 4) is 0 Å². The number of nitrogens with one attached hydrogen (secondary N) is 1. The highest BCUT2D eigenvalue weighted by molar-refractivity contribution is 5.86. The zero-order valence-electron chi connectivity index (χ0n) is 8.11. The smallest absolute Gasteiger partial charge is 0.411 e. The Morgan fingerprint density at radius 3 is 2.67 bits per heavy atom. The number of nitrogens with zero attached hydrogens (tertiary/aromatic N) is 1. The topological polar surface area (TPSA) is 94.1 Å². The predicted octanol–water partition coefficient (Wildman–Crippen LogP) is 0.0827. The lowest BCUT2D eigenvalue weighted by Gasteiger charge is -2.05. The number of alkyl carbamates (subject to hydrolysis) is 1. The molecule has 0 aliphatic carbocycles. The van der Waals surface area contributed by atoms with Crippen LogP contribution in [0.5, 0.6) is 0 Å². The van der Waals surface area contributed by atoms with Gasteiger partial charge in [0.15, 0.2) is 0 Å². The van der Waals surface area contributed by atoms with Crippen LogP contribution < -0.4 is 5.32 Å². The van der Waals surface area contributed by atoms with Gasteiger partial charge >= 0.3 is 12.1 Å². The fourth-order valence-electron chi connectivity index (χ4n) is 0.447. The number of isocyanates is 1. The molecule has 7 heteroatoms. The van der Waals surface area contributed by atoms with Gasteiger partial charge < -0.3 is 14.8 Å². The van der Waals surface area contributed by atoms with Crippen LogP contribution in [-0.2, 0) is 19.1 Å². The van der Waals surface area contributed by atoms with Crippen molar-refractivity contribution in [2.24, 2.45) is 4.99 Å². The summed E-state index contributed by atoms with van der Waals surface area (Å²) in [4.78, 5) is 34.2. The van der Waals surface area contributed by atoms with E-state index in [1.165, 1.54) is 13.0 Å². The second-order valence-corrected chi connectivity index (χ2v) is 2.35. The number of aliphatic imine (C=N–C) groups is 1. The summed E-state index contributed by atoms with van der Waals surface area (Å²) in [5.41, 5.74) is 0.199. The summed E-state index contributed by atoms with van der Waals surface area (Å²) in [5, 5.41) is 2.08. The third-order valence-electron chi connectivity index (χ3n) is 1.10. The molecule has 0 saturated heterocycles. The predicted molar refractivity (Wildman–Crippen MR) is 48.4 cm³/mol. The molecular formula is C8H10N2O5. The summed E-state index contributed by atoms with van der Waals surface area (Å²) in [5.74, 6) is -0.659. The summed E-state index contributed by atoms with van der Waals surface area (Å²) in [6, 6.07) is 0. The summed E-state index contributed by atoms with van der Waals surface area (Å²) in [6.07, 6.45) is 0.362. The maximum absolute atomic E-state index is 10.8. The Bertz CT molecular complexity index is 306. The SMILES string of the molecule is C=C(C)C(=O)OCOC(=O)NCN=C=O. The quantitative estimate of drug-likeness (QED) is 0.230. The van der Waals surface area contributed by atoms with E-state index in [1.807, 2.05) is 0 Å². The Balaban J connectivity index is 3.59. The van der Waals surface area contributed by atoms with Crippen molar-refractivity contribution in [3.63, 3.8) is 0 Å². The molecule has 0 heterocycles. The number of amides is 1. The normalized spacial score (nSPS) is 8.33. The van der Waals surface area contributed by atoms with Gasteiger partial charge in [-0.15, -0.1) is 0 Å². The maximum atomic E-state index is 10.8. The molecule has 0 saturated carbocycles. The molecular weight excluding hydrogens is 204 g/mol. The molecule has 0 bridgehead atoms. The largest absolute Gasteiger partial charge is 0.424 e. The Morgan fingerprint density at radius 2 is 2.13 bits per heavy atom. The van der Waals surface area contributed by atoms with Crippen molar-refractivity contribution in [2.45, 2.75) is 6.92 Å². The highest BCUT2D eigenvalue weighted by atomic mass is 16.7. The van der Waals surface area contributed by atoms with Gasteiger partial charge in [-0.05, 0) is 6.92 Å². The molecule has 0 aromatic rings. The third kappa shape index (κ3) is 6.97. The van der Waals surface area contributed by atoms with Crippen LogP contribution in [0, 0.1) is 0 Å². The Kier molecular flexibility index (Phi) is 6.24. The molecule has 0 rings (SSSR count). The standard InChI is InChI=1S/C8H10N2O5/c1-6(2)7(12)14-5-15-8(13)10-3-9-4-11/h1,3,5H2,2H3,(H,10,13). The Hall–Kier alpha value is -2.14. The van der Waals surface area contributed by atoms with Gasteiger partial charge in [-0.3, -0.25) is 0 Å². The molecule has 0 spiro atoms. The van der Waals surface area contributed by atoms with Gasteiger partial charge in [0.25, 0.3) is 0 Å². The molecule has 0 aromatic carbocycles. The van der Waals surface area contributed by atoms with Gasteiger partial charge in [0.1, 0.15) is 6.67 Å². The zero-order valence-corrected chi connectivity index (χ0v) is 8.11. The monoisotopic (exact) mass is 214 g/mol. The first-order chi connectivity index (χ1) is 7.07. The van der Waals surface area contributed by atoms with E-state index in [-0.39, 0.29) is 12.2 Å². The number of carbonyl (C=O) groups excluding carboxylic acids is 3. The molecule has 1 amide bonds. The maximum Gasteiger partial charge on any atom is 0.411 e. The summed E-state index contributed by atoms with van der Waals surface area (Å²) >= 11 is 0. The van der Waals surface area contributed by atoms with Crippen molar-refractivity contribution in [2.75, 3.05) is 13.5 Å². The van der Waals surface area contributed by atoms with E-state index in [2.05, 4.69) is 26.4 Å². The summed E-state index contributed by atoms with van der Waals surface area (Å²) < 4.78 is 8.84. The van der Waals surface area contributed by atoms with E-state index in [0.717, 1.165) is 0 Å². The van der Waals surface area contributed by atoms with Crippen molar-refractivity contribution in [3.05, 3.63) is 12.2 Å². The van der Waals surface area contributed by atoms with Crippen LogP contribution >= 0.6 is 0 Å². The van der Waals surface area contributed by atoms with E-state index in [4.69, 9.17) is 0 Å². The van der Waals surface area contributed by atoms with Gasteiger partial charge in [0, 0.05) is 5.57 Å². The lowest BCUT2D eigenvalue weighted by molar-refractivity contribution is -0.146. The van der Waals surface area contributed by atoms with E-state index < -0.39 is 18.9 Å². The van der Waals surface area contributed by atoms with Crippen LogP contribution in [0.4, 0.5) is 4.79 Å². The molecule has 82 valence electrons. The first kappa shape index (κ1) is 12.9. The van der Waals surface area contributed by atoms with E-state index in [1.54, 1.807) is 0 Å². The average molecular weight is 214 g/mol. The lowest BCUT2D eigenvalue weighted by atomic mass is 10.4. The summed E-state index contributed by atoms with van der Waals surface area (Å²) in [7, 11) is 0. The third-order valence-corrected chi connectivity index (χ3v) is 1.10. The van der Waals surface area contributed by atoms with E-state index >= 15 is 0 Å². The molecule has 0 radical (unpaired) electrons. The first-order valence-corrected chi connectivity index (χ1v) is 3.84. The van der Waals surface area contributed by atoms with Gasteiger partial charge in [0.05, 0.1) is 0 Å². The summed E-state index contributed by atoms with van der Waals surface area (Å²) in [6.45, 7) is 4.02. The van der Waals surface area contributed by atoms with Crippen molar-refractivity contribution in [1.82, 2.24) is 5.32 Å². The molecule has 1 N–H and O–H groups in total. The van der Waals surface area contributed by atoms with Crippen molar-refractivity contribution in [1.29, 1.82) is 0 Å². The van der Waals surface area contributed by atoms with Crippen LogP contribution in [0.1, 0.15) is 6.92 Å². The second kappa shape index (κ2) is 7.28. The first-order valence-electron chi connectivity index (χ1n) is 3.84. The van der Waals surface area contributed by atoms with Crippen molar-refractivity contribution < 1.29 is 23.9 Å². The van der Waals surface area contributed by atoms with E-state index in [0.29, 0.717) is 0 Å². The molecule has 0 aromatic heterocycles. The van der Waals surface area contributed by atoms with Crippen LogP contribution in [0.25, 0.3) is 0 Å².